The van der Waals surface area contributed by atoms with Crippen molar-refractivity contribution in [2.45, 2.75) is 32.6 Å². The third-order valence-corrected chi connectivity index (χ3v) is 8.02. The number of ether oxygens (including phenoxy) is 2. The molecule has 0 aromatic heterocycles. The van der Waals surface area contributed by atoms with Gasteiger partial charge in [0.2, 0.25) is 0 Å². The number of carbonyl (C=O) groups is 3. The number of carbonyl (C=O) groups excluding carboxylic acids is 3. The highest BCUT2D eigenvalue weighted by Gasteiger charge is 2.78. The highest BCUT2D eigenvalue weighted by molar-refractivity contribution is 6.30. The van der Waals surface area contributed by atoms with Crippen molar-refractivity contribution in [3.05, 3.63) is 106 Å². The summed E-state index contributed by atoms with van der Waals surface area (Å²) in [6, 6.07) is 25.8. The fraction of sp³-hybridized carbons (Fsp3) is 0.303. The van der Waals surface area contributed by atoms with Crippen LogP contribution in [0.2, 0.25) is 5.02 Å². The molecule has 0 aliphatic heterocycles. The average molecular weight is 569 g/mol. The first-order valence-electron chi connectivity index (χ1n) is 13.3. The van der Waals surface area contributed by atoms with Gasteiger partial charge in [-0.25, -0.2) is 0 Å². The number of aryl methyl sites for hydroxylation is 1. The highest BCUT2D eigenvalue weighted by Crippen LogP contribution is 2.69. The second kappa shape index (κ2) is 12.0. The van der Waals surface area contributed by atoms with Gasteiger partial charge in [-0.3, -0.25) is 14.4 Å². The van der Waals surface area contributed by atoms with Crippen LogP contribution in [0.4, 0.5) is 0 Å². The normalized spacial score (nSPS) is 25.0. The lowest BCUT2D eigenvalue weighted by atomic mass is 9.64. The summed E-state index contributed by atoms with van der Waals surface area (Å²) in [7, 11) is 0. The summed E-state index contributed by atoms with van der Waals surface area (Å²) in [5.41, 5.74) is -2.66. The summed E-state index contributed by atoms with van der Waals surface area (Å²) in [5, 5.41) is 22.3. The van der Waals surface area contributed by atoms with E-state index in [0.29, 0.717) is 5.56 Å². The molecule has 0 radical (unpaired) electrons. The van der Waals surface area contributed by atoms with Gasteiger partial charge in [0.15, 0.2) is 16.6 Å². The Morgan fingerprint density at radius 2 is 1.37 bits per heavy atom. The Kier molecular flexibility index (Phi) is 8.61. The molecule has 8 heteroatoms. The minimum atomic E-state index is -2.30. The van der Waals surface area contributed by atoms with Crippen LogP contribution in [0.15, 0.2) is 78.9 Å². The van der Waals surface area contributed by atoms with Crippen molar-refractivity contribution in [2.24, 2.45) is 16.7 Å². The Labute approximate surface area is 244 Å². The average Bonchev–Trinajstić information content (AvgIpc) is 3.26. The van der Waals surface area contributed by atoms with Gasteiger partial charge in [-0.1, -0.05) is 83.9 Å². The van der Waals surface area contributed by atoms with Crippen LogP contribution in [0.1, 0.15) is 52.7 Å². The molecule has 3 aromatic carbocycles. The number of rotatable bonds is 8. The molecule has 0 amide bonds. The van der Waals surface area contributed by atoms with Gasteiger partial charge >= 0.3 is 11.9 Å². The lowest BCUT2D eigenvalue weighted by Gasteiger charge is -2.35. The maximum Gasteiger partial charge on any atom is 0.327 e. The standard InChI is InChI=1S/C33H29ClN2O5/c1-4-40-30(38)32(19-35)26(22-10-7-6-8-11-22)27(28(37)23-16-14-21(3)15-17-23)33(20-36,31(39)41-5-2)29(32)24-12-9-13-25(34)18-24/h6-18,26-27,29H,4-5H2,1-3H3/t26-,27+,29+,32-,33+/m1/s1. The van der Waals surface area contributed by atoms with Gasteiger partial charge in [-0.05, 0) is 44.0 Å². The predicted molar refractivity (Wildman–Crippen MR) is 152 cm³/mol. The molecule has 0 heterocycles. The Bertz CT molecular complexity index is 1540. The van der Waals surface area contributed by atoms with E-state index in [1.807, 2.05) is 6.92 Å². The summed E-state index contributed by atoms with van der Waals surface area (Å²) in [5.74, 6) is -6.72. The van der Waals surface area contributed by atoms with Gasteiger partial charge in [-0.15, -0.1) is 0 Å². The molecule has 4 rings (SSSR count). The van der Waals surface area contributed by atoms with Gasteiger partial charge in [0.25, 0.3) is 0 Å². The molecule has 0 spiro atoms. The van der Waals surface area contributed by atoms with E-state index in [1.165, 1.54) is 6.07 Å². The Morgan fingerprint density at radius 1 is 0.805 bits per heavy atom. The number of nitrogens with zero attached hydrogens (tertiary/aromatic N) is 2. The van der Waals surface area contributed by atoms with Gasteiger partial charge < -0.3 is 9.47 Å². The molecule has 1 aliphatic rings. The molecule has 1 aliphatic carbocycles. The topological polar surface area (TPSA) is 117 Å². The third-order valence-electron chi connectivity index (χ3n) is 7.78. The zero-order valence-electron chi connectivity index (χ0n) is 23.0. The van der Waals surface area contributed by atoms with Crippen molar-refractivity contribution >= 4 is 29.3 Å². The van der Waals surface area contributed by atoms with Crippen molar-refractivity contribution in [3.8, 4) is 12.1 Å². The van der Waals surface area contributed by atoms with E-state index in [-0.39, 0.29) is 29.4 Å². The molecule has 0 saturated heterocycles. The summed E-state index contributed by atoms with van der Waals surface area (Å²) >= 11 is 6.38. The van der Waals surface area contributed by atoms with Crippen molar-refractivity contribution in [2.75, 3.05) is 13.2 Å². The van der Waals surface area contributed by atoms with Crippen LogP contribution in [-0.4, -0.2) is 30.9 Å². The third kappa shape index (κ3) is 4.77. The maximum absolute atomic E-state index is 14.6. The molecule has 0 unspecified atom stereocenters. The summed E-state index contributed by atoms with van der Waals surface area (Å²) in [4.78, 5) is 42.9. The van der Waals surface area contributed by atoms with Crippen molar-refractivity contribution in [3.63, 3.8) is 0 Å². The highest BCUT2D eigenvalue weighted by atomic mass is 35.5. The smallest absolute Gasteiger partial charge is 0.327 e. The number of hydrogen-bond donors (Lipinski definition) is 0. The van der Waals surface area contributed by atoms with E-state index in [9.17, 15) is 24.9 Å². The molecule has 208 valence electrons. The summed E-state index contributed by atoms with van der Waals surface area (Å²) < 4.78 is 11.0. The fourth-order valence-electron chi connectivity index (χ4n) is 6.18. The van der Waals surface area contributed by atoms with Crippen molar-refractivity contribution in [1.82, 2.24) is 0 Å². The van der Waals surface area contributed by atoms with Crippen LogP contribution in [0.5, 0.6) is 0 Å². The van der Waals surface area contributed by atoms with E-state index in [1.54, 1.807) is 86.6 Å². The van der Waals surface area contributed by atoms with E-state index >= 15 is 0 Å². The van der Waals surface area contributed by atoms with E-state index in [0.717, 1.165) is 5.56 Å². The van der Waals surface area contributed by atoms with Crippen LogP contribution in [0.25, 0.3) is 0 Å². The van der Waals surface area contributed by atoms with E-state index in [2.05, 4.69) is 12.1 Å². The van der Waals surface area contributed by atoms with Crippen molar-refractivity contribution in [1.29, 1.82) is 10.5 Å². The van der Waals surface area contributed by atoms with Gasteiger partial charge in [-0.2, -0.15) is 10.5 Å². The molecular weight excluding hydrogens is 540 g/mol. The number of halogens is 1. The number of Topliss-reactive ketones (excluding diaryl/α,β-unsaturated/α-hetero) is 1. The van der Waals surface area contributed by atoms with E-state index in [4.69, 9.17) is 21.1 Å². The minimum absolute atomic E-state index is 0.0679. The Balaban J connectivity index is 2.21. The van der Waals surface area contributed by atoms with Crippen LogP contribution >= 0.6 is 11.6 Å². The molecule has 0 bridgehead atoms. The zero-order chi connectivity index (χ0) is 29.8. The lowest BCUT2D eigenvalue weighted by molar-refractivity contribution is -0.157. The van der Waals surface area contributed by atoms with Crippen LogP contribution in [0, 0.1) is 46.3 Å². The fourth-order valence-corrected chi connectivity index (χ4v) is 6.38. The lowest BCUT2D eigenvalue weighted by Crippen LogP contribution is -2.45. The number of nitriles is 2. The van der Waals surface area contributed by atoms with Gasteiger partial charge in [0.05, 0.1) is 31.3 Å². The molecule has 1 fully saturated rings. The summed E-state index contributed by atoms with van der Waals surface area (Å²) in [6.07, 6.45) is 0. The van der Waals surface area contributed by atoms with Gasteiger partial charge in [0.1, 0.15) is 0 Å². The molecule has 1 saturated carbocycles. The first kappa shape index (κ1) is 29.5. The largest absolute Gasteiger partial charge is 0.465 e. The second-order valence-electron chi connectivity index (χ2n) is 9.99. The maximum atomic E-state index is 14.6. The number of hydrogen-bond acceptors (Lipinski definition) is 7. The van der Waals surface area contributed by atoms with Crippen molar-refractivity contribution < 1.29 is 23.9 Å². The number of esters is 2. The monoisotopic (exact) mass is 568 g/mol. The van der Waals surface area contributed by atoms with Crippen LogP contribution in [-0.2, 0) is 19.1 Å². The number of benzene rings is 3. The predicted octanol–water partition coefficient (Wildman–Crippen LogP) is 6.17. The second-order valence-corrected chi connectivity index (χ2v) is 10.4. The molecule has 41 heavy (non-hydrogen) atoms. The van der Waals surface area contributed by atoms with Crippen LogP contribution in [0.3, 0.4) is 0 Å². The van der Waals surface area contributed by atoms with E-state index < -0.39 is 46.3 Å². The van der Waals surface area contributed by atoms with Gasteiger partial charge in [0, 0.05) is 22.4 Å². The zero-order valence-corrected chi connectivity index (χ0v) is 23.7. The molecule has 5 atom stereocenters. The first-order valence-corrected chi connectivity index (χ1v) is 13.7. The summed E-state index contributed by atoms with van der Waals surface area (Å²) in [6.45, 7) is 4.89. The van der Waals surface area contributed by atoms with Crippen LogP contribution < -0.4 is 0 Å². The molecular formula is C33H29ClN2O5. The Hall–Kier alpha value is -4.46. The Morgan fingerprint density at radius 3 is 1.90 bits per heavy atom. The molecule has 3 aromatic rings. The SMILES string of the molecule is CCOC(=O)[C@@]1(C#N)[C@H](c2cccc(Cl)c2)[C@@](C#N)(C(=O)OCC)[C@H](C(=O)c2ccc(C)cc2)[C@H]1c1ccccc1. The molecule has 0 N–H and O–H groups in total. The number of ketones is 1. The quantitative estimate of drug-likeness (QED) is 0.235. The first-order chi connectivity index (χ1) is 19.7. The minimum Gasteiger partial charge on any atom is -0.465 e. The molecule has 7 nitrogen and oxygen atoms in total.